The van der Waals surface area contributed by atoms with Crippen LogP contribution in [-0.4, -0.2) is 11.0 Å². The van der Waals surface area contributed by atoms with E-state index in [4.69, 9.17) is 0 Å². The van der Waals surface area contributed by atoms with E-state index in [9.17, 15) is 14.9 Å². The fourth-order valence-electron chi connectivity index (χ4n) is 1.91. The lowest BCUT2D eigenvalue weighted by molar-refractivity contribution is -0.384. The number of aryl methyl sites for hydroxylation is 1. The highest BCUT2D eigenvalue weighted by Gasteiger charge is 2.19. The van der Waals surface area contributed by atoms with Crippen LogP contribution in [0.25, 0.3) is 0 Å². The van der Waals surface area contributed by atoms with E-state index in [2.05, 4.69) is 10.6 Å². The second-order valence-electron chi connectivity index (χ2n) is 4.60. The Kier molecular flexibility index (Phi) is 4.18. The van der Waals surface area contributed by atoms with Crippen LogP contribution in [-0.2, 0) is 0 Å². The van der Waals surface area contributed by atoms with Crippen LogP contribution in [0.3, 0.4) is 0 Å². The van der Waals surface area contributed by atoms with Crippen LogP contribution in [0, 0.1) is 24.0 Å². The fraction of sp³-hybridized carbons (Fsp3) is 0.133. The Morgan fingerprint density at radius 3 is 2.33 bits per heavy atom. The Bertz CT molecular complexity index is 684. The van der Waals surface area contributed by atoms with Crippen LogP contribution in [0.5, 0.6) is 0 Å². The first-order valence-electron chi connectivity index (χ1n) is 6.36. The molecule has 0 unspecified atom stereocenters. The smallest absolute Gasteiger partial charge is 0.308 e. The minimum atomic E-state index is -0.516. The number of nitro groups is 1. The maximum atomic E-state index is 12.0. The SMILES string of the molecule is Cc1ccc([N+](=O)[O-])c(NC(=O)Nc2ccccc2)c1C. The van der Waals surface area contributed by atoms with Gasteiger partial charge in [-0.3, -0.25) is 10.1 Å². The van der Waals surface area contributed by atoms with Gasteiger partial charge in [-0.25, -0.2) is 4.79 Å². The summed E-state index contributed by atoms with van der Waals surface area (Å²) in [7, 11) is 0. The maximum absolute atomic E-state index is 12.0. The number of carbonyl (C=O) groups excluding carboxylic acids is 1. The van der Waals surface area contributed by atoms with Crippen LogP contribution >= 0.6 is 0 Å². The van der Waals surface area contributed by atoms with Gasteiger partial charge in [-0.1, -0.05) is 24.3 Å². The predicted octanol–water partition coefficient (Wildman–Crippen LogP) is 3.86. The topological polar surface area (TPSA) is 84.3 Å². The molecule has 0 aliphatic rings. The van der Waals surface area contributed by atoms with Crippen molar-refractivity contribution in [3.63, 3.8) is 0 Å². The first-order valence-corrected chi connectivity index (χ1v) is 6.36. The van der Waals surface area contributed by atoms with Gasteiger partial charge in [-0.15, -0.1) is 0 Å². The third kappa shape index (κ3) is 3.36. The number of anilines is 2. The predicted molar refractivity (Wildman–Crippen MR) is 81.7 cm³/mol. The summed E-state index contributed by atoms with van der Waals surface area (Å²) < 4.78 is 0. The molecule has 2 rings (SSSR count). The van der Waals surface area contributed by atoms with Gasteiger partial charge in [0.1, 0.15) is 5.69 Å². The standard InChI is InChI=1S/C15H15N3O3/c1-10-8-9-13(18(20)21)14(11(10)2)17-15(19)16-12-6-4-3-5-7-12/h3-9H,1-2H3,(H2,16,17,19). The third-order valence-electron chi connectivity index (χ3n) is 3.18. The first-order chi connectivity index (χ1) is 9.99. The van der Waals surface area contributed by atoms with Crippen LogP contribution in [0.1, 0.15) is 11.1 Å². The number of nitrogens with one attached hydrogen (secondary N) is 2. The van der Waals surface area contributed by atoms with E-state index in [-0.39, 0.29) is 11.4 Å². The van der Waals surface area contributed by atoms with Gasteiger partial charge >= 0.3 is 6.03 Å². The van der Waals surface area contributed by atoms with Crippen molar-refractivity contribution < 1.29 is 9.72 Å². The Balaban J connectivity index is 2.24. The highest BCUT2D eigenvalue weighted by molar-refractivity contribution is 6.01. The van der Waals surface area contributed by atoms with E-state index in [1.807, 2.05) is 13.0 Å². The highest BCUT2D eigenvalue weighted by Crippen LogP contribution is 2.30. The molecule has 2 amide bonds. The number of benzene rings is 2. The molecular formula is C15H15N3O3. The molecule has 0 saturated carbocycles. The Morgan fingerprint density at radius 1 is 1.05 bits per heavy atom. The van der Waals surface area contributed by atoms with Gasteiger partial charge in [0.05, 0.1) is 4.92 Å². The molecule has 0 fully saturated rings. The van der Waals surface area contributed by atoms with E-state index in [0.29, 0.717) is 11.3 Å². The Labute approximate surface area is 121 Å². The van der Waals surface area contributed by atoms with Gasteiger partial charge in [-0.05, 0) is 37.1 Å². The van der Waals surface area contributed by atoms with Crippen molar-refractivity contribution >= 4 is 23.1 Å². The van der Waals surface area contributed by atoms with Crippen molar-refractivity contribution in [2.75, 3.05) is 10.6 Å². The summed E-state index contributed by atoms with van der Waals surface area (Å²) in [5.41, 5.74) is 2.25. The van der Waals surface area contributed by atoms with Gasteiger partial charge in [0, 0.05) is 11.8 Å². The number of nitro benzene ring substituents is 1. The molecule has 0 aliphatic carbocycles. The molecular weight excluding hydrogens is 270 g/mol. The zero-order valence-corrected chi connectivity index (χ0v) is 11.7. The van der Waals surface area contributed by atoms with E-state index in [1.165, 1.54) is 6.07 Å². The minimum absolute atomic E-state index is 0.124. The quantitative estimate of drug-likeness (QED) is 0.663. The lowest BCUT2D eigenvalue weighted by Crippen LogP contribution is -2.20. The molecule has 0 aliphatic heterocycles. The van der Waals surface area contributed by atoms with Crippen molar-refractivity contribution in [2.24, 2.45) is 0 Å². The molecule has 0 heterocycles. The van der Waals surface area contributed by atoms with Crippen molar-refractivity contribution in [3.8, 4) is 0 Å². The van der Waals surface area contributed by atoms with E-state index >= 15 is 0 Å². The average Bonchev–Trinajstić information content (AvgIpc) is 2.44. The molecule has 0 radical (unpaired) electrons. The first kappa shape index (κ1) is 14.5. The second kappa shape index (κ2) is 6.04. The molecule has 0 aromatic heterocycles. The number of rotatable bonds is 3. The number of para-hydroxylation sites is 1. The zero-order valence-electron chi connectivity index (χ0n) is 11.7. The lowest BCUT2D eigenvalue weighted by Gasteiger charge is -2.12. The molecule has 0 saturated heterocycles. The van der Waals surface area contributed by atoms with E-state index < -0.39 is 11.0 Å². The average molecular weight is 285 g/mol. The van der Waals surface area contributed by atoms with Gasteiger partial charge in [0.2, 0.25) is 0 Å². The molecule has 6 nitrogen and oxygen atoms in total. The number of carbonyl (C=O) groups is 1. The summed E-state index contributed by atoms with van der Waals surface area (Å²) in [6, 6.07) is 11.4. The highest BCUT2D eigenvalue weighted by atomic mass is 16.6. The summed E-state index contributed by atoms with van der Waals surface area (Å²) in [6.07, 6.45) is 0. The number of hydrogen-bond donors (Lipinski definition) is 2. The molecule has 0 bridgehead atoms. The van der Waals surface area contributed by atoms with Crippen molar-refractivity contribution in [1.29, 1.82) is 0 Å². The summed E-state index contributed by atoms with van der Waals surface area (Å²) in [4.78, 5) is 22.5. The van der Waals surface area contributed by atoms with Crippen LogP contribution in [0.15, 0.2) is 42.5 Å². The van der Waals surface area contributed by atoms with Gasteiger partial charge in [-0.2, -0.15) is 0 Å². The molecule has 0 spiro atoms. The normalized spacial score (nSPS) is 10.0. The summed E-state index contributed by atoms with van der Waals surface area (Å²) >= 11 is 0. The Hall–Kier alpha value is -2.89. The largest absolute Gasteiger partial charge is 0.323 e. The molecule has 0 atom stereocenters. The van der Waals surface area contributed by atoms with E-state index in [0.717, 1.165) is 5.56 Å². The Morgan fingerprint density at radius 2 is 1.71 bits per heavy atom. The minimum Gasteiger partial charge on any atom is -0.308 e. The zero-order chi connectivity index (χ0) is 15.4. The van der Waals surface area contributed by atoms with E-state index in [1.54, 1.807) is 37.3 Å². The molecule has 6 heteroatoms. The van der Waals surface area contributed by atoms with Crippen LogP contribution < -0.4 is 10.6 Å². The number of amides is 2. The second-order valence-corrected chi connectivity index (χ2v) is 4.60. The van der Waals surface area contributed by atoms with Crippen molar-refractivity contribution in [3.05, 3.63) is 63.7 Å². The molecule has 108 valence electrons. The molecule has 2 N–H and O–H groups in total. The van der Waals surface area contributed by atoms with Crippen LogP contribution in [0.2, 0.25) is 0 Å². The van der Waals surface area contributed by atoms with Crippen molar-refractivity contribution in [2.45, 2.75) is 13.8 Å². The molecule has 2 aromatic rings. The monoisotopic (exact) mass is 285 g/mol. The fourth-order valence-corrected chi connectivity index (χ4v) is 1.91. The van der Waals surface area contributed by atoms with Gasteiger partial charge in [0.25, 0.3) is 5.69 Å². The number of nitrogens with zero attached hydrogens (tertiary/aromatic N) is 1. The molecule has 21 heavy (non-hydrogen) atoms. The molecule has 2 aromatic carbocycles. The van der Waals surface area contributed by atoms with Crippen molar-refractivity contribution in [1.82, 2.24) is 0 Å². The summed E-state index contributed by atoms with van der Waals surface area (Å²) in [6.45, 7) is 3.57. The van der Waals surface area contributed by atoms with Gasteiger partial charge < -0.3 is 10.6 Å². The number of urea groups is 1. The van der Waals surface area contributed by atoms with Gasteiger partial charge in [0.15, 0.2) is 0 Å². The summed E-state index contributed by atoms with van der Waals surface area (Å²) in [5, 5.41) is 16.2. The maximum Gasteiger partial charge on any atom is 0.323 e. The number of hydrogen-bond acceptors (Lipinski definition) is 3. The lowest BCUT2D eigenvalue weighted by atomic mass is 10.1. The van der Waals surface area contributed by atoms with Crippen LogP contribution in [0.4, 0.5) is 21.9 Å². The summed E-state index contributed by atoms with van der Waals surface area (Å²) in [5.74, 6) is 0. The third-order valence-corrected chi connectivity index (χ3v) is 3.18.